The summed E-state index contributed by atoms with van der Waals surface area (Å²) in [4.78, 5) is 28.1. The van der Waals surface area contributed by atoms with Crippen molar-refractivity contribution in [3.8, 4) is 11.5 Å². The van der Waals surface area contributed by atoms with Crippen molar-refractivity contribution in [2.75, 3.05) is 31.6 Å². The van der Waals surface area contributed by atoms with Gasteiger partial charge in [0.25, 0.3) is 10.0 Å². The van der Waals surface area contributed by atoms with Crippen LogP contribution in [0.25, 0.3) is 0 Å². The maximum atomic E-state index is 14.0. The zero-order valence-electron chi connectivity index (χ0n) is 23.3. The number of rotatable bonds is 13. The predicted molar refractivity (Wildman–Crippen MR) is 160 cm³/mol. The third kappa shape index (κ3) is 7.63. The Balaban J connectivity index is 2.07. The number of methoxy groups -OCH3 is 2. The first-order chi connectivity index (χ1) is 19.5. The van der Waals surface area contributed by atoms with Gasteiger partial charge in [-0.1, -0.05) is 54.4 Å². The predicted octanol–water partition coefficient (Wildman–Crippen LogP) is 5.15. The topological polar surface area (TPSA) is 105 Å². The molecule has 0 aromatic heterocycles. The molecular formula is C29H33Cl2N3O6S. The van der Waals surface area contributed by atoms with E-state index in [-0.39, 0.29) is 22.9 Å². The second-order valence-corrected chi connectivity index (χ2v) is 11.7. The van der Waals surface area contributed by atoms with Crippen LogP contribution < -0.4 is 19.1 Å². The maximum Gasteiger partial charge on any atom is 0.264 e. The van der Waals surface area contributed by atoms with Crippen LogP contribution in [0.1, 0.15) is 25.8 Å². The molecule has 9 nitrogen and oxygen atoms in total. The van der Waals surface area contributed by atoms with Gasteiger partial charge in [-0.15, -0.1) is 0 Å². The van der Waals surface area contributed by atoms with E-state index in [0.29, 0.717) is 34.3 Å². The standard InChI is InChI=1S/C29H33Cl2N3O6S/c1-5-16-32-29(36)20(2)33(18-23-24(30)12-9-13-25(23)31)28(35)19-34(21-10-7-6-8-11-21)41(37,38)22-14-15-26(39-3)27(17-22)40-4/h6-15,17,20H,5,16,18-19H2,1-4H3,(H,32,36)/t20-/m0/s1. The van der Waals surface area contributed by atoms with Crippen molar-refractivity contribution < 1.29 is 27.5 Å². The summed E-state index contributed by atoms with van der Waals surface area (Å²) in [5.74, 6) is -0.460. The molecule has 0 saturated carbocycles. The van der Waals surface area contributed by atoms with Gasteiger partial charge in [-0.25, -0.2) is 8.42 Å². The van der Waals surface area contributed by atoms with E-state index in [2.05, 4.69) is 5.32 Å². The highest BCUT2D eigenvalue weighted by Crippen LogP contribution is 2.33. The third-order valence-electron chi connectivity index (χ3n) is 6.37. The van der Waals surface area contributed by atoms with Gasteiger partial charge in [0, 0.05) is 34.8 Å². The lowest BCUT2D eigenvalue weighted by molar-refractivity contribution is -0.139. The highest BCUT2D eigenvalue weighted by atomic mass is 35.5. The van der Waals surface area contributed by atoms with Crippen LogP contribution >= 0.6 is 23.2 Å². The number of hydrogen-bond acceptors (Lipinski definition) is 6. The van der Waals surface area contributed by atoms with Gasteiger partial charge in [0.1, 0.15) is 12.6 Å². The molecule has 0 spiro atoms. The van der Waals surface area contributed by atoms with Crippen LogP contribution in [0.15, 0.2) is 71.6 Å². The largest absolute Gasteiger partial charge is 0.493 e. The minimum Gasteiger partial charge on any atom is -0.493 e. The molecule has 0 bridgehead atoms. The van der Waals surface area contributed by atoms with Crippen molar-refractivity contribution in [3.63, 3.8) is 0 Å². The number of carbonyl (C=O) groups is 2. The molecule has 1 N–H and O–H groups in total. The van der Waals surface area contributed by atoms with Crippen molar-refractivity contribution in [2.45, 2.75) is 37.8 Å². The molecule has 0 aliphatic carbocycles. The number of halogens is 2. The number of benzene rings is 3. The lowest BCUT2D eigenvalue weighted by Gasteiger charge is -2.32. The van der Waals surface area contributed by atoms with Crippen LogP contribution in [0.4, 0.5) is 5.69 Å². The Hall–Kier alpha value is -3.47. The molecule has 0 aliphatic rings. The summed E-state index contributed by atoms with van der Waals surface area (Å²) < 4.78 is 39.6. The zero-order chi connectivity index (χ0) is 30.2. The number of para-hydroxylation sites is 1. The van der Waals surface area contributed by atoms with Gasteiger partial charge in [0.05, 0.1) is 24.8 Å². The molecule has 0 radical (unpaired) electrons. The van der Waals surface area contributed by atoms with Gasteiger partial charge in [-0.3, -0.25) is 13.9 Å². The quantitative estimate of drug-likeness (QED) is 0.283. The molecule has 41 heavy (non-hydrogen) atoms. The Labute approximate surface area is 251 Å². The van der Waals surface area contributed by atoms with Gasteiger partial charge >= 0.3 is 0 Å². The average molecular weight is 623 g/mol. The van der Waals surface area contributed by atoms with Crippen LogP contribution in [-0.4, -0.2) is 58.5 Å². The molecule has 3 aromatic carbocycles. The van der Waals surface area contributed by atoms with Crippen molar-refractivity contribution in [1.29, 1.82) is 0 Å². The van der Waals surface area contributed by atoms with Gasteiger partial charge < -0.3 is 19.7 Å². The highest BCUT2D eigenvalue weighted by molar-refractivity contribution is 7.92. The van der Waals surface area contributed by atoms with Crippen molar-refractivity contribution in [1.82, 2.24) is 10.2 Å². The Morgan fingerprint density at radius 1 is 0.927 bits per heavy atom. The molecular weight excluding hydrogens is 589 g/mol. The summed E-state index contributed by atoms with van der Waals surface area (Å²) in [6, 6.07) is 16.4. The number of anilines is 1. The van der Waals surface area contributed by atoms with E-state index >= 15 is 0 Å². The summed E-state index contributed by atoms with van der Waals surface area (Å²) in [5.41, 5.74) is 0.697. The molecule has 0 fully saturated rings. The summed E-state index contributed by atoms with van der Waals surface area (Å²) in [7, 11) is -1.45. The van der Waals surface area contributed by atoms with E-state index in [9.17, 15) is 18.0 Å². The fraction of sp³-hybridized carbons (Fsp3) is 0.310. The van der Waals surface area contributed by atoms with Crippen molar-refractivity contribution in [3.05, 3.63) is 82.3 Å². The molecule has 3 aromatic rings. The van der Waals surface area contributed by atoms with Crippen molar-refractivity contribution in [2.24, 2.45) is 0 Å². The molecule has 220 valence electrons. The normalized spacial score (nSPS) is 11.9. The molecule has 1 atom stereocenters. The number of sulfonamides is 1. The molecule has 3 rings (SSSR count). The van der Waals surface area contributed by atoms with Crippen LogP contribution in [0.3, 0.4) is 0 Å². The van der Waals surface area contributed by atoms with Crippen LogP contribution in [0, 0.1) is 0 Å². The lowest BCUT2D eigenvalue weighted by atomic mass is 10.1. The van der Waals surface area contributed by atoms with Gasteiger partial charge in [0.2, 0.25) is 11.8 Å². The Bertz CT molecular complexity index is 1450. The third-order valence-corrected chi connectivity index (χ3v) is 8.85. The zero-order valence-corrected chi connectivity index (χ0v) is 25.6. The summed E-state index contributed by atoms with van der Waals surface area (Å²) in [6.07, 6.45) is 0.702. The molecule has 12 heteroatoms. The number of ether oxygens (including phenoxy) is 2. The lowest BCUT2D eigenvalue weighted by Crippen LogP contribution is -2.51. The Kier molecular flexibility index (Phi) is 11.3. The average Bonchev–Trinajstić information content (AvgIpc) is 2.97. The number of amides is 2. The first-order valence-electron chi connectivity index (χ1n) is 12.8. The van der Waals surface area contributed by atoms with Gasteiger partial charge in [-0.2, -0.15) is 0 Å². The van der Waals surface area contributed by atoms with E-state index in [4.69, 9.17) is 32.7 Å². The Morgan fingerprint density at radius 3 is 2.15 bits per heavy atom. The SMILES string of the molecule is CCCNC(=O)[C@H](C)N(Cc1c(Cl)cccc1Cl)C(=O)CN(c1ccccc1)S(=O)(=O)c1ccc(OC)c(OC)c1. The smallest absolute Gasteiger partial charge is 0.264 e. The Morgan fingerprint density at radius 2 is 1.56 bits per heavy atom. The van der Waals surface area contributed by atoms with Crippen LogP contribution in [-0.2, 0) is 26.2 Å². The number of nitrogens with one attached hydrogen (secondary N) is 1. The van der Waals surface area contributed by atoms with Gasteiger partial charge in [-0.05, 0) is 49.7 Å². The van der Waals surface area contributed by atoms with Crippen LogP contribution in [0.2, 0.25) is 10.0 Å². The second-order valence-electron chi connectivity index (χ2n) is 9.05. The summed E-state index contributed by atoms with van der Waals surface area (Å²) >= 11 is 12.8. The monoisotopic (exact) mass is 621 g/mol. The fourth-order valence-corrected chi connectivity index (χ4v) is 6.01. The van der Waals surface area contributed by atoms with Gasteiger partial charge in [0.15, 0.2) is 11.5 Å². The molecule has 0 heterocycles. The highest BCUT2D eigenvalue weighted by Gasteiger charge is 2.33. The number of nitrogens with zero attached hydrogens (tertiary/aromatic N) is 2. The molecule has 0 aliphatic heterocycles. The van der Waals surface area contributed by atoms with Crippen molar-refractivity contribution >= 4 is 50.7 Å². The first-order valence-corrected chi connectivity index (χ1v) is 15.0. The summed E-state index contributed by atoms with van der Waals surface area (Å²) in [5, 5.41) is 3.42. The fourth-order valence-electron chi connectivity index (χ4n) is 4.06. The molecule has 2 amide bonds. The number of carbonyl (C=O) groups excluding carboxylic acids is 2. The summed E-state index contributed by atoms with van der Waals surface area (Å²) in [6.45, 7) is 3.19. The minimum atomic E-state index is -4.29. The van der Waals surface area contributed by atoms with E-state index in [1.165, 1.54) is 37.3 Å². The second kappa shape index (κ2) is 14.4. The van der Waals surface area contributed by atoms with E-state index in [1.54, 1.807) is 55.5 Å². The molecule has 0 unspecified atom stereocenters. The first kappa shape index (κ1) is 32.0. The maximum absolute atomic E-state index is 14.0. The number of hydrogen-bond donors (Lipinski definition) is 1. The van der Waals surface area contributed by atoms with E-state index < -0.39 is 34.4 Å². The molecule has 0 saturated heterocycles. The van der Waals surface area contributed by atoms with E-state index in [0.717, 1.165) is 4.31 Å². The minimum absolute atomic E-state index is 0.110. The van der Waals surface area contributed by atoms with Crippen LogP contribution in [0.5, 0.6) is 11.5 Å². The van der Waals surface area contributed by atoms with E-state index in [1.807, 2.05) is 6.92 Å².